The predicted molar refractivity (Wildman–Crippen MR) is 97.6 cm³/mol. The van der Waals surface area contributed by atoms with E-state index in [-0.39, 0.29) is 18.0 Å². The van der Waals surface area contributed by atoms with Crippen LogP contribution in [0.25, 0.3) is 5.69 Å². The number of benzene rings is 1. The molecule has 0 saturated carbocycles. The van der Waals surface area contributed by atoms with E-state index in [1.807, 2.05) is 32.0 Å². The number of halogens is 3. The fourth-order valence-electron chi connectivity index (χ4n) is 3.71. The minimum Gasteiger partial charge on any atom is -0.497 e. The van der Waals surface area contributed by atoms with E-state index < -0.39 is 12.0 Å². The van der Waals surface area contributed by atoms with E-state index >= 15 is 0 Å². The number of methoxy groups -OCH3 is 1. The highest BCUT2D eigenvalue weighted by Crippen LogP contribution is 2.42. The molecule has 29 heavy (non-hydrogen) atoms. The van der Waals surface area contributed by atoms with E-state index in [1.54, 1.807) is 18.7 Å². The van der Waals surface area contributed by atoms with Crippen LogP contribution in [-0.2, 0) is 6.18 Å². The molecule has 7 nitrogen and oxygen atoms in total. The number of ether oxygens (including phenoxy) is 2. The fourth-order valence-corrected chi connectivity index (χ4v) is 3.71. The lowest BCUT2D eigenvalue weighted by Gasteiger charge is -2.18. The second-order valence-electron chi connectivity index (χ2n) is 7.07. The number of alkyl halides is 3. The van der Waals surface area contributed by atoms with Crippen molar-refractivity contribution in [3.8, 4) is 17.3 Å². The van der Waals surface area contributed by atoms with Gasteiger partial charge in [-0.25, -0.2) is 14.3 Å². The predicted octanol–water partition coefficient (Wildman–Crippen LogP) is 3.79. The zero-order valence-corrected chi connectivity index (χ0v) is 16.6. The maximum atomic E-state index is 13.0. The Morgan fingerprint density at radius 2 is 1.86 bits per heavy atom. The number of rotatable bonds is 3. The summed E-state index contributed by atoms with van der Waals surface area (Å²) in [4.78, 5) is 3.55. The summed E-state index contributed by atoms with van der Waals surface area (Å²) in [6.07, 6.45) is -4.90. The standard InChI is InChI=1S/C19H20F3N5O2/c1-9-8-13(28-5)6-7-14(9)16-11(3)29-17-15(10(2)24-27(16)17)26-12(4)23-18(25-26)19(20,21)22/h6-8,11,16H,1-5H3. The van der Waals surface area contributed by atoms with Gasteiger partial charge in [0.1, 0.15) is 23.7 Å². The quantitative estimate of drug-likeness (QED) is 0.661. The number of hydrogen-bond donors (Lipinski definition) is 0. The van der Waals surface area contributed by atoms with Crippen LogP contribution in [0.3, 0.4) is 0 Å². The monoisotopic (exact) mass is 407 g/mol. The van der Waals surface area contributed by atoms with Crippen molar-refractivity contribution >= 4 is 0 Å². The summed E-state index contributed by atoms with van der Waals surface area (Å²) in [7, 11) is 1.60. The van der Waals surface area contributed by atoms with Crippen LogP contribution in [0.15, 0.2) is 18.2 Å². The average Bonchev–Trinajstić information content (AvgIpc) is 3.26. The SMILES string of the molecule is COc1ccc(C2C(C)Oc3c(-n4nc(C(F)(F)F)nc4C)c(C)nn32)c(C)c1. The maximum absolute atomic E-state index is 13.0. The fraction of sp³-hybridized carbons (Fsp3) is 0.421. The molecular weight excluding hydrogens is 387 g/mol. The molecule has 0 spiro atoms. The molecule has 0 aliphatic carbocycles. The van der Waals surface area contributed by atoms with Crippen molar-refractivity contribution in [2.45, 2.75) is 46.0 Å². The van der Waals surface area contributed by atoms with E-state index in [1.165, 1.54) is 6.92 Å². The lowest BCUT2D eigenvalue weighted by Crippen LogP contribution is -2.21. The molecule has 1 aromatic carbocycles. The first kappa shape index (κ1) is 19.3. The summed E-state index contributed by atoms with van der Waals surface area (Å²) in [5.74, 6) is 0.0322. The molecule has 0 amide bonds. The highest BCUT2D eigenvalue weighted by molar-refractivity contribution is 5.50. The Kier molecular flexibility index (Phi) is 4.32. The summed E-state index contributed by atoms with van der Waals surface area (Å²) < 4.78 is 53.3. The molecule has 0 saturated heterocycles. The third kappa shape index (κ3) is 3.02. The molecule has 10 heteroatoms. The van der Waals surface area contributed by atoms with E-state index in [0.29, 0.717) is 17.3 Å². The van der Waals surface area contributed by atoms with Gasteiger partial charge >= 0.3 is 6.18 Å². The number of fused-ring (bicyclic) bond motifs is 1. The van der Waals surface area contributed by atoms with Crippen LogP contribution in [0.4, 0.5) is 13.2 Å². The molecule has 154 valence electrons. The van der Waals surface area contributed by atoms with E-state index in [9.17, 15) is 13.2 Å². The Morgan fingerprint density at radius 3 is 2.45 bits per heavy atom. The maximum Gasteiger partial charge on any atom is 0.453 e. The van der Waals surface area contributed by atoms with E-state index in [4.69, 9.17) is 9.47 Å². The lowest BCUT2D eigenvalue weighted by atomic mass is 9.98. The summed E-state index contributed by atoms with van der Waals surface area (Å²) in [5, 5.41) is 8.22. The second-order valence-corrected chi connectivity index (χ2v) is 7.07. The zero-order valence-electron chi connectivity index (χ0n) is 16.6. The van der Waals surface area contributed by atoms with Crippen molar-refractivity contribution in [3.05, 3.63) is 46.7 Å². The second kappa shape index (κ2) is 6.50. The van der Waals surface area contributed by atoms with Gasteiger partial charge in [0.05, 0.1) is 12.8 Å². The van der Waals surface area contributed by atoms with Gasteiger partial charge in [-0.15, -0.1) is 5.10 Å². The molecule has 3 heterocycles. The Balaban J connectivity index is 1.82. The Bertz CT molecular complexity index is 1090. The number of aromatic nitrogens is 5. The Labute approximate surface area is 165 Å². The van der Waals surface area contributed by atoms with E-state index in [2.05, 4.69) is 15.2 Å². The van der Waals surface area contributed by atoms with Gasteiger partial charge in [0.25, 0.3) is 5.82 Å². The number of hydrogen-bond acceptors (Lipinski definition) is 5. The van der Waals surface area contributed by atoms with Gasteiger partial charge in [0, 0.05) is 0 Å². The molecule has 1 aliphatic heterocycles. The van der Waals surface area contributed by atoms with Gasteiger partial charge in [0.2, 0.25) is 5.88 Å². The Hall–Kier alpha value is -3.04. The van der Waals surface area contributed by atoms with Crippen molar-refractivity contribution in [1.29, 1.82) is 0 Å². The minimum absolute atomic E-state index is 0.108. The van der Waals surface area contributed by atoms with E-state index in [0.717, 1.165) is 21.6 Å². The van der Waals surface area contributed by atoms with Crippen LogP contribution >= 0.6 is 0 Å². The smallest absolute Gasteiger partial charge is 0.453 e. The highest BCUT2D eigenvalue weighted by Gasteiger charge is 2.40. The zero-order chi connectivity index (χ0) is 21.1. The van der Waals surface area contributed by atoms with Crippen molar-refractivity contribution < 1.29 is 22.6 Å². The molecule has 0 bridgehead atoms. The molecule has 2 unspecified atom stereocenters. The van der Waals surface area contributed by atoms with Gasteiger partial charge in [-0.2, -0.15) is 18.3 Å². The molecule has 4 rings (SSSR count). The van der Waals surface area contributed by atoms with Crippen LogP contribution < -0.4 is 9.47 Å². The number of aryl methyl sites for hydroxylation is 3. The van der Waals surface area contributed by atoms with Gasteiger partial charge in [-0.1, -0.05) is 6.07 Å². The van der Waals surface area contributed by atoms with Crippen LogP contribution in [0.5, 0.6) is 11.6 Å². The third-order valence-corrected chi connectivity index (χ3v) is 5.05. The summed E-state index contributed by atoms with van der Waals surface area (Å²) in [6, 6.07) is 5.51. The van der Waals surface area contributed by atoms with Crippen LogP contribution in [-0.4, -0.2) is 37.8 Å². The largest absolute Gasteiger partial charge is 0.497 e. The Morgan fingerprint density at radius 1 is 1.14 bits per heavy atom. The first-order valence-corrected chi connectivity index (χ1v) is 9.03. The van der Waals surface area contributed by atoms with Crippen LogP contribution in [0, 0.1) is 20.8 Å². The highest BCUT2D eigenvalue weighted by atomic mass is 19.4. The normalized spacial score (nSPS) is 18.6. The molecule has 2 atom stereocenters. The molecule has 0 fully saturated rings. The molecule has 2 aromatic heterocycles. The van der Waals surface area contributed by atoms with Crippen molar-refractivity contribution in [3.63, 3.8) is 0 Å². The molecule has 1 aliphatic rings. The van der Waals surface area contributed by atoms with Crippen molar-refractivity contribution in [2.75, 3.05) is 7.11 Å². The first-order chi connectivity index (χ1) is 13.6. The number of nitrogens with zero attached hydrogens (tertiary/aromatic N) is 5. The molecule has 0 radical (unpaired) electrons. The van der Waals surface area contributed by atoms with Crippen LogP contribution in [0.1, 0.15) is 41.4 Å². The third-order valence-electron chi connectivity index (χ3n) is 5.05. The molecule has 3 aromatic rings. The summed E-state index contributed by atoms with van der Waals surface area (Å²) in [5.41, 5.74) is 2.87. The van der Waals surface area contributed by atoms with Crippen molar-refractivity contribution in [2.24, 2.45) is 0 Å². The summed E-state index contributed by atoms with van der Waals surface area (Å²) in [6.45, 7) is 7.05. The average molecular weight is 407 g/mol. The van der Waals surface area contributed by atoms with Crippen LogP contribution in [0.2, 0.25) is 0 Å². The van der Waals surface area contributed by atoms with Gasteiger partial charge < -0.3 is 9.47 Å². The topological polar surface area (TPSA) is 67.0 Å². The minimum atomic E-state index is -4.63. The summed E-state index contributed by atoms with van der Waals surface area (Å²) >= 11 is 0. The molecular formula is C19H20F3N5O2. The first-order valence-electron chi connectivity index (χ1n) is 9.03. The van der Waals surface area contributed by atoms with Gasteiger partial charge in [0.15, 0.2) is 5.69 Å². The van der Waals surface area contributed by atoms with Crippen molar-refractivity contribution in [1.82, 2.24) is 24.5 Å². The lowest BCUT2D eigenvalue weighted by molar-refractivity contribution is -0.144. The van der Waals surface area contributed by atoms with Gasteiger partial charge in [-0.05, 0) is 51.0 Å². The molecule has 0 N–H and O–H groups in total. The van der Waals surface area contributed by atoms with Gasteiger partial charge in [-0.3, -0.25) is 0 Å².